The third-order valence-electron chi connectivity index (χ3n) is 5.28. The smallest absolute Gasteiger partial charge is 0.227 e. The molecule has 1 N–H and O–H groups in total. The first-order chi connectivity index (χ1) is 16.0. The third-order valence-corrected chi connectivity index (χ3v) is 6.70. The summed E-state index contributed by atoms with van der Waals surface area (Å²) >= 11 is 4.74. The first kappa shape index (κ1) is 27.4. The summed E-state index contributed by atoms with van der Waals surface area (Å²) in [5.74, 6) is -0.0958. The number of ether oxygens (including phenoxy) is 1. The lowest BCUT2D eigenvalue weighted by atomic mass is 10.1. The van der Waals surface area contributed by atoms with Crippen molar-refractivity contribution in [3.05, 3.63) is 28.7 Å². The van der Waals surface area contributed by atoms with E-state index in [1.807, 2.05) is 24.3 Å². The number of aromatic nitrogens is 2. The highest BCUT2D eigenvalue weighted by atomic mass is 79.9. The van der Waals surface area contributed by atoms with Gasteiger partial charge in [-0.05, 0) is 18.6 Å². The van der Waals surface area contributed by atoms with Gasteiger partial charge in [0.15, 0.2) is 0 Å². The van der Waals surface area contributed by atoms with E-state index in [1.165, 1.54) is 43.4 Å². The summed E-state index contributed by atoms with van der Waals surface area (Å²) in [7, 11) is 1.62. The standard InChI is InChI=1S/C24H35BrN4O3S/c1-3-4-5-6-7-8-9-10-22(31)29(17-18-32-2)16-15-21(30)26-24-28-27-23(33-24)19-11-13-20(25)14-12-19/h11-14H,3-10,15-18H2,1-2H3,(H,26,28,30). The number of methoxy groups -OCH3 is 1. The molecule has 0 radical (unpaired) electrons. The molecule has 0 unspecified atom stereocenters. The normalized spacial score (nSPS) is 10.9. The molecule has 1 aromatic heterocycles. The summed E-state index contributed by atoms with van der Waals surface area (Å²) < 4.78 is 6.13. The van der Waals surface area contributed by atoms with Gasteiger partial charge in [-0.3, -0.25) is 9.59 Å². The van der Waals surface area contributed by atoms with Crippen molar-refractivity contribution < 1.29 is 14.3 Å². The summed E-state index contributed by atoms with van der Waals surface area (Å²) in [5, 5.41) is 12.2. The number of anilines is 1. The van der Waals surface area contributed by atoms with Crippen LogP contribution < -0.4 is 5.32 Å². The van der Waals surface area contributed by atoms with Gasteiger partial charge in [0.25, 0.3) is 0 Å². The molecule has 2 amide bonds. The number of carbonyl (C=O) groups is 2. The van der Waals surface area contributed by atoms with Crippen molar-refractivity contribution in [3.8, 4) is 10.6 Å². The largest absolute Gasteiger partial charge is 0.383 e. The first-order valence-electron chi connectivity index (χ1n) is 11.7. The average Bonchev–Trinajstić information content (AvgIpc) is 3.27. The van der Waals surface area contributed by atoms with Crippen LogP contribution in [0.1, 0.15) is 64.7 Å². The van der Waals surface area contributed by atoms with E-state index in [4.69, 9.17) is 4.74 Å². The van der Waals surface area contributed by atoms with E-state index in [9.17, 15) is 9.59 Å². The average molecular weight is 540 g/mol. The fourth-order valence-electron chi connectivity index (χ4n) is 3.36. The third kappa shape index (κ3) is 10.8. The summed E-state index contributed by atoms with van der Waals surface area (Å²) in [6.07, 6.45) is 8.92. The topological polar surface area (TPSA) is 84.4 Å². The molecular weight excluding hydrogens is 504 g/mol. The second-order valence-corrected chi connectivity index (χ2v) is 9.86. The van der Waals surface area contributed by atoms with Crippen LogP contribution in [0.4, 0.5) is 5.13 Å². The molecule has 0 aliphatic rings. The zero-order valence-electron chi connectivity index (χ0n) is 19.6. The highest BCUT2D eigenvalue weighted by Gasteiger charge is 2.16. The fraction of sp³-hybridized carbons (Fsp3) is 0.583. The molecular formula is C24H35BrN4O3S. The number of nitrogens with one attached hydrogen (secondary N) is 1. The predicted molar refractivity (Wildman–Crippen MR) is 137 cm³/mol. The minimum atomic E-state index is -0.181. The van der Waals surface area contributed by atoms with Crippen LogP contribution in [-0.4, -0.2) is 53.7 Å². The predicted octanol–water partition coefficient (Wildman–Crippen LogP) is 5.91. The van der Waals surface area contributed by atoms with Crippen molar-refractivity contribution in [1.29, 1.82) is 0 Å². The molecule has 0 spiro atoms. The fourth-order valence-corrected chi connectivity index (χ4v) is 4.38. The monoisotopic (exact) mass is 538 g/mol. The first-order valence-corrected chi connectivity index (χ1v) is 13.3. The maximum atomic E-state index is 12.7. The molecule has 7 nitrogen and oxygen atoms in total. The van der Waals surface area contributed by atoms with Crippen LogP contribution >= 0.6 is 27.3 Å². The lowest BCUT2D eigenvalue weighted by Gasteiger charge is -2.22. The molecule has 0 saturated heterocycles. The van der Waals surface area contributed by atoms with E-state index in [1.54, 1.807) is 12.0 Å². The van der Waals surface area contributed by atoms with E-state index < -0.39 is 0 Å². The molecule has 0 atom stereocenters. The number of unbranched alkanes of at least 4 members (excludes halogenated alkanes) is 6. The van der Waals surface area contributed by atoms with Gasteiger partial charge in [0, 0.05) is 43.1 Å². The van der Waals surface area contributed by atoms with E-state index in [0.717, 1.165) is 27.9 Å². The molecule has 2 aromatic rings. The van der Waals surface area contributed by atoms with Crippen LogP contribution in [0.25, 0.3) is 10.6 Å². The Balaban J connectivity index is 1.76. The van der Waals surface area contributed by atoms with Crippen molar-refractivity contribution in [1.82, 2.24) is 15.1 Å². The molecule has 33 heavy (non-hydrogen) atoms. The summed E-state index contributed by atoms with van der Waals surface area (Å²) in [6, 6.07) is 7.77. The Morgan fingerprint density at radius 2 is 1.70 bits per heavy atom. The number of rotatable bonds is 16. The molecule has 1 heterocycles. The van der Waals surface area contributed by atoms with Crippen LogP contribution in [-0.2, 0) is 14.3 Å². The SMILES string of the molecule is CCCCCCCCCC(=O)N(CCOC)CCC(=O)Nc1nnc(-c2ccc(Br)cc2)s1. The maximum Gasteiger partial charge on any atom is 0.227 e. The number of hydrogen-bond donors (Lipinski definition) is 1. The van der Waals surface area contributed by atoms with Gasteiger partial charge in [-0.1, -0.05) is 84.8 Å². The number of hydrogen-bond acceptors (Lipinski definition) is 6. The molecule has 9 heteroatoms. The quantitative estimate of drug-likeness (QED) is 0.268. The van der Waals surface area contributed by atoms with Crippen molar-refractivity contribution in [2.45, 2.75) is 64.7 Å². The van der Waals surface area contributed by atoms with Crippen LogP contribution in [0.2, 0.25) is 0 Å². The van der Waals surface area contributed by atoms with E-state index in [-0.39, 0.29) is 18.2 Å². The minimum absolute atomic E-state index is 0.0850. The number of amides is 2. The van der Waals surface area contributed by atoms with Gasteiger partial charge in [0.1, 0.15) is 5.01 Å². The van der Waals surface area contributed by atoms with Gasteiger partial charge in [-0.25, -0.2) is 0 Å². The Morgan fingerprint density at radius 1 is 1.00 bits per heavy atom. The molecule has 182 valence electrons. The second kappa shape index (κ2) is 15.9. The van der Waals surface area contributed by atoms with Crippen molar-refractivity contribution >= 4 is 44.2 Å². The van der Waals surface area contributed by atoms with Gasteiger partial charge in [-0.2, -0.15) is 0 Å². The van der Waals surface area contributed by atoms with E-state index in [2.05, 4.69) is 38.4 Å². The van der Waals surface area contributed by atoms with Gasteiger partial charge in [0.05, 0.1) is 6.61 Å². The number of halogens is 1. The highest BCUT2D eigenvalue weighted by Crippen LogP contribution is 2.27. The van der Waals surface area contributed by atoms with Crippen LogP contribution in [0, 0.1) is 0 Å². The van der Waals surface area contributed by atoms with Gasteiger partial charge >= 0.3 is 0 Å². The molecule has 2 rings (SSSR count). The Kier molecular flexibility index (Phi) is 13.2. The lowest BCUT2D eigenvalue weighted by Crippen LogP contribution is -2.36. The number of carbonyl (C=O) groups excluding carboxylic acids is 2. The van der Waals surface area contributed by atoms with Crippen LogP contribution in [0.3, 0.4) is 0 Å². The summed E-state index contributed by atoms with van der Waals surface area (Å²) in [5.41, 5.74) is 0.942. The van der Waals surface area contributed by atoms with Crippen LogP contribution in [0.15, 0.2) is 28.7 Å². The molecule has 0 aliphatic carbocycles. The Bertz CT molecular complexity index is 844. The number of benzene rings is 1. The Labute approximate surface area is 209 Å². The number of nitrogens with zero attached hydrogens (tertiary/aromatic N) is 3. The molecule has 0 aliphatic heterocycles. The highest BCUT2D eigenvalue weighted by molar-refractivity contribution is 9.10. The molecule has 0 saturated carbocycles. The van der Waals surface area contributed by atoms with Crippen molar-refractivity contribution in [2.24, 2.45) is 0 Å². The van der Waals surface area contributed by atoms with Crippen molar-refractivity contribution in [2.75, 3.05) is 32.1 Å². The molecule has 0 bridgehead atoms. The van der Waals surface area contributed by atoms with Gasteiger partial charge in [0.2, 0.25) is 16.9 Å². The minimum Gasteiger partial charge on any atom is -0.383 e. The zero-order valence-corrected chi connectivity index (χ0v) is 22.0. The lowest BCUT2D eigenvalue weighted by molar-refractivity contribution is -0.132. The van der Waals surface area contributed by atoms with E-state index >= 15 is 0 Å². The van der Waals surface area contributed by atoms with E-state index in [0.29, 0.717) is 31.2 Å². The molecule has 1 aromatic carbocycles. The summed E-state index contributed by atoms with van der Waals surface area (Å²) in [6.45, 7) is 3.52. The second-order valence-electron chi connectivity index (χ2n) is 7.96. The molecule has 0 fully saturated rings. The zero-order chi connectivity index (χ0) is 23.9. The van der Waals surface area contributed by atoms with Crippen LogP contribution in [0.5, 0.6) is 0 Å². The summed E-state index contributed by atoms with van der Waals surface area (Å²) in [4.78, 5) is 26.8. The Hall–Kier alpha value is -1.84. The maximum absolute atomic E-state index is 12.7. The van der Waals surface area contributed by atoms with Crippen molar-refractivity contribution in [3.63, 3.8) is 0 Å². The Morgan fingerprint density at radius 3 is 2.39 bits per heavy atom. The van der Waals surface area contributed by atoms with Gasteiger partial charge < -0.3 is 15.0 Å². The van der Waals surface area contributed by atoms with Gasteiger partial charge in [-0.15, -0.1) is 10.2 Å².